The minimum atomic E-state index is -0.610. The van der Waals surface area contributed by atoms with Gasteiger partial charge in [-0.15, -0.1) is 0 Å². The lowest BCUT2D eigenvalue weighted by Crippen LogP contribution is -2.49. The number of imide groups is 1. The van der Waals surface area contributed by atoms with E-state index in [0.717, 1.165) is 11.1 Å². The number of nitrogens with zero attached hydrogens (tertiary/aromatic N) is 2. The Bertz CT molecular complexity index is 1020. The maximum Gasteiger partial charge on any atom is 0.416 e. The number of methoxy groups -OCH3 is 2. The quantitative estimate of drug-likeness (QED) is 0.642. The van der Waals surface area contributed by atoms with Crippen molar-refractivity contribution >= 4 is 17.9 Å². The van der Waals surface area contributed by atoms with Gasteiger partial charge in [0.25, 0.3) is 0 Å². The Morgan fingerprint density at radius 2 is 1.88 bits per heavy atom. The van der Waals surface area contributed by atoms with E-state index in [1.807, 2.05) is 42.5 Å². The Hall–Kier alpha value is -3.55. The van der Waals surface area contributed by atoms with E-state index < -0.39 is 12.0 Å². The van der Waals surface area contributed by atoms with E-state index in [0.29, 0.717) is 30.9 Å². The van der Waals surface area contributed by atoms with E-state index in [2.05, 4.69) is 0 Å². The van der Waals surface area contributed by atoms with Crippen molar-refractivity contribution in [1.82, 2.24) is 9.80 Å². The molecule has 0 aliphatic carbocycles. The van der Waals surface area contributed by atoms with Gasteiger partial charge in [0.15, 0.2) is 0 Å². The largest absolute Gasteiger partial charge is 0.497 e. The molecule has 4 rings (SSSR count). The van der Waals surface area contributed by atoms with Crippen LogP contribution in [-0.2, 0) is 27.3 Å². The number of hydrogen-bond donors (Lipinski definition) is 0. The molecule has 0 N–H and O–H groups in total. The number of amides is 3. The van der Waals surface area contributed by atoms with Gasteiger partial charge in [-0.1, -0.05) is 30.3 Å². The number of rotatable bonds is 7. The zero-order valence-corrected chi connectivity index (χ0v) is 18.9. The van der Waals surface area contributed by atoms with Crippen LogP contribution in [0.5, 0.6) is 11.5 Å². The molecule has 8 nitrogen and oxygen atoms in total. The fraction of sp³-hybridized carbons (Fsp3) is 0.400. The molecule has 174 valence electrons. The number of benzene rings is 2. The number of carbonyl (C=O) groups is 3. The van der Waals surface area contributed by atoms with Crippen molar-refractivity contribution in [3.05, 3.63) is 59.7 Å². The van der Waals surface area contributed by atoms with Crippen molar-refractivity contribution < 1.29 is 28.6 Å². The lowest BCUT2D eigenvalue weighted by atomic mass is 9.94. The second-order valence-corrected chi connectivity index (χ2v) is 8.32. The van der Waals surface area contributed by atoms with E-state index in [-0.39, 0.29) is 37.4 Å². The molecular weight excluding hydrogens is 424 g/mol. The molecule has 2 atom stereocenters. The fourth-order valence-electron chi connectivity index (χ4n) is 4.42. The first-order chi connectivity index (χ1) is 16.0. The van der Waals surface area contributed by atoms with E-state index in [1.54, 1.807) is 25.2 Å². The molecule has 0 unspecified atom stereocenters. The zero-order chi connectivity index (χ0) is 23.4. The Kier molecular flexibility index (Phi) is 6.82. The molecule has 2 heterocycles. The summed E-state index contributed by atoms with van der Waals surface area (Å²) in [5.41, 5.74) is 1.85. The molecule has 0 spiro atoms. The average Bonchev–Trinajstić information content (AvgIpc) is 3.20. The van der Waals surface area contributed by atoms with Gasteiger partial charge in [0.05, 0.1) is 26.2 Å². The van der Waals surface area contributed by atoms with Crippen molar-refractivity contribution in [2.45, 2.75) is 31.8 Å². The highest BCUT2D eigenvalue weighted by molar-refractivity contribution is 5.95. The summed E-state index contributed by atoms with van der Waals surface area (Å²) in [6.07, 6.45) is 0.592. The molecule has 3 amide bonds. The number of ether oxygens (including phenoxy) is 3. The Morgan fingerprint density at radius 1 is 1.09 bits per heavy atom. The third kappa shape index (κ3) is 4.94. The fourth-order valence-corrected chi connectivity index (χ4v) is 4.42. The molecule has 2 aliphatic rings. The van der Waals surface area contributed by atoms with E-state index in [1.165, 1.54) is 4.90 Å². The van der Waals surface area contributed by atoms with Gasteiger partial charge in [-0.25, -0.2) is 9.69 Å². The number of carbonyl (C=O) groups excluding carboxylic acids is 3. The predicted molar refractivity (Wildman–Crippen MR) is 120 cm³/mol. The van der Waals surface area contributed by atoms with Crippen LogP contribution in [0, 0.1) is 5.92 Å². The summed E-state index contributed by atoms with van der Waals surface area (Å²) < 4.78 is 15.9. The van der Waals surface area contributed by atoms with Crippen LogP contribution in [0.3, 0.4) is 0 Å². The van der Waals surface area contributed by atoms with E-state index >= 15 is 0 Å². The van der Waals surface area contributed by atoms with E-state index in [4.69, 9.17) is 14.2 Å². The lowest BCUT2D eigenvalue weighted by molar-refractivity contribution is -0.142. The van der Waals surface area contributed by atoms with Crippen LogP contribution >= 0.6 is 0 Å². The Labute approximate surface area is 193 Å². The first-order valence-electron chi connectivity index (χ1n) is 11.0. The standard InChI is InChI=1S/C25H28N2O6/c1-31-21-10-8-18(22(13-21)32-2)14-26-15-19(9-11-23(26)28)24(29)27-20(16-33-25(27)30)12-17-6-4-3-5-7-17/h3-8,10,13,19-20H,9,11-12,14-16H2,1-2H3/t19-,20-/m1/s1. The van der Waals surface area contributed by atoms with Crippen molar-refractivity contribution in [3.8, 4) is 11.5 Å². The van der Waals surface area contributed by atoms with Crippen LogP contribution in [0.2, 0.25) is 0 Å². The van der Waals surface area contributed by atoms with Gasteiger partial charge < -0.3 is 19.1 Å². The molecule has 2 aromatic rings. The van der Waals surface area contributed by atoms with Gasteiger partial charge in [0.2, 0.25) is 11.8 Å². The summed E-state index contributed by atoms with van der Waals surface area (Å²) in [6.45, 7) is 0.736. The SMILES string of the molecule is COc1ccc(CN2C[C@H](C(=O)N3C(=O)OC[C@H]3Cc3ccccc3)CCC2=O)c(OC)c1. The zero-order valence-electron chi connectivity index (χ0n) is 18.9. The second-order valence-electron chi connectivity index (χ2n) is 8.32. The van der Waals surface area contributed by atoms with Gasteiger partial charge in [0, 0.05) is 31.1 Å². The summed E-state index contributed by atoms with van der Waals surface area (Å²) in [5.74, 6) is 0.502. The molecule has 8 heteroatoms. The second kappa shape index (κ2) is 9.94. The molecule has 0 radical (unpaired) electrons. The van der Waals surface area contributed by atoms with Crippen LogP contribution in [0.1, 0.15) is 24.0 Å². The molecule has 2 aliphatic heterocycles. The van der Waals surface area contributed by atoms with Gasteiger partial charge in [0.1, 0.15) is 18.1 Å². The highest BCUT2D eigenvalue weighted by Crippen LogP contribution is 2.29. The molecule has 33 heavy (non-hydrogen) atoms. The molecule has 2 saturated heterocycles. The monoisotopic (exact) mass is 452 g/mol. The Balaban J connectivity index is 1.47. The smallest absolute Gasteiger partial charge is 0.416 e. The van der Waals surface area contributed by atoms with Gasteiger partial charge >= 0.3 is 6.09 Å². The van der Waals surface area contributed by atoms with Crippen LogP contribution in [-0.4, -0.2) is 61.1 Å². The van der Waals surface area contributed by atoms with Crippen LogP contribution < -0.4 is 9.47 Å². The predicted octanol–water partition coefficient (Wildman–Crippen LogP) is 3.03. The third-order valence-corrected chi connectivity index (χ3v) is 6.22. The highest BCUT2D eigenvalue weighted by Gasteiger charge is 2.42. The first-order valence-corrected chi connectivity index (χ1v) is 11.0. The molecule has 2 fully saturated rings. The number of hydrogen-bond acceptors (Lipinski definition) is 6. The van der Waals surface area contributed by atoms with Crippen molar-refractivity contribution in [3.63, 3.8) is 0 Å². The van der Waals surface area contributed by atoms with E-state index in [9.17, 15) is 14.4 Å². The summed E-state index contributed by atoms with van der Waals surface area (Å²) >= 11 is 0. The van der Waals surface area contributed by atoms with Gasteiger partial charge in [-0.2, -0.15) is 0 Å². The van der Waals surface area contributed by atoms with Gasteiger partial charge in [-0.3, -0.25) is 9.59 Å². The minimum Gasteiger partial charge on any atom is -0.497 e. The lowest BCUT2D eigenvalue weighted by Gasteiger charge is -2.34. The molecule has 0 saturated carbocycles. The van der Waals surface area contributed by atoms with Gasteiger partial charge in [-0.05, 0) is 30.5 Å². The molecule has 0 aromatic heterocycles. The molecule has 2 aromatic carbocycles. The van der Waals surface area contributed by atoms with Crippen molar-refractivity contribution in [2.24, 2.45) is 5.92 Å². The van der Waals surface area contributed by atoms with Crippen molar-refractivity contribution in [2.75, 3.05) is 27.4 Å². The molecule has 0 bridgehead atoms. The maximum absolute atomic E-state index is 13.4. The summed E-state index contributed by atoms with van der Waals surface area (Å²) in [7, 11) is 3.14. The minimum absolute atomic E-state index is 0.0262. The maximum atomic E-state index is 13.4. The average molecular weight is 453 g/mol. The Morgan fingerprint density at radius 3 is 2.61 bits per heavy atom. The summed E-state index contributed by atoms with van der Waals surface area (Å²) in [6, 6.07) is 14.8. The number of piperidine rings is 1. The van der Waals surface area contributed by atoms with Crippen LogP contribution in [0.25, 0.3) is 0 Å². The molecular formula is C25H28N2O6. The summed E-state index contributed by atoms with van der Waals surface area (Å²) in [4.78, 5) is 41.3. The highest BCUT2D eigenvalue weighted by atomic mass is 16.6. The van der Waals surface area contributed by atoms with Crippen LogP contribution in [0.15, 0.2) is 48.5 Å². The third-order valence-electron chi connectivity index (χ3n) is 6.22. The van der Waals surface area contributed by atoms with Crippen molar-refractivity contribution in [1.29, 1.82) is 0 Å². The topological polar surface area (TPSA) is 85.4 Å². The number of likely N-dealkylation sites (tertiary alicyclic amines) is 1. The number of cyclic esters (lactones) is 1. The first kappa shape index (κ1) is 22.6. The normalized spacial score (nSPS) is 20.5. The summed E-state index contributed by atoms with van der Waals surface area (Å²) in [5, 5.41) is 0. The van der Waals surface area contributed by atoms with Crippen LogP contribution in [0.4, 0.5) is 4.79 Å².